The molecule has 6 N–H and O–H groups in total. The number of amides is 2. The van der Waals surface area contributed by atoms with Gasteiger partial charge in [0.05, 0.1) is 0 Å². The Morgan fingerprint density at radius 1 is 1.09 bits per heavy atom. The first-order chi connectivity index (χ1) is 16.3. The molecule has 0 aliphatic heterocycles. The summed E-state index contributed by atoms with van der Waals surface area (Å²) in [6.07, 6.45) is -0.158. The van der Waals surface area contributed by atoms with Crippen LogP contribution in [0.3, 0.4) is 0 Å². The average Bonchev–Trinajstić information content (AvgIpc) is 2.82. The first-order valence-corrected chi connectivity index (χ1v) is 10.7. The molecule has 2 aromatic carbocycles. The summed E-state index contributed by atoms with van der Waals surface area (Å²) in [4.78, 5) is 41.8. The van der Waals surface area contributed by atoms with Crippen molar-refractivity contribution in [1.82, 2.24) is 5.32 Å². The highest BCUT2D eigenvalue weighted by Crippen LogP contribution is 2.22. The van der Waals surface area contributed by atoms with Gasteiger partial charge in [-0.2, -0.15) is 0 Å². The summed E-state index contributed by atoms with van der Waals surface area (Å²) >= 11 is 0. The molecule has 10 heteroatoms. The number of hydrogen-bond acceptors (Lipinski definition) is 6. The lowest BCUT2D eigenvalue weighted by Crippen LogP contribution is -2.44. The highest BCUT2D eigenvalue weighted by Gasteiger charge is 2.24. The molecule has 0 radical (unpaired) electrons. The van der Waals surface area contributed by atoms with Crippen LogP contribution in [-0.4, -0.2) is 30.5 Å². The van der Waals surface area contributed by atoms with E-state index in [4.69, 9.17) is 20.6 Å². The van der Waals surface area contributed by atoms with E-state index in [0.29, 0.717) is 23.0 Å². The molecule has 0 aliphatic carbocycles. The minimum absolute atomic E-state index is 0.0115. The van der Waals surface area contributed by atoms with Crippen molar-refractivity contribution in [2.24, 2.45) is 16.5 Å². The smallest absolute Gasteiger partial charge is 0.408 e. The van der Waals surface area contributed by atoms with Crippen molar-refractivity contribution in [3.63, 3.8) is 0 Å². The number of nitrogens with zero attached hydrogens (tertiary/aromatic N) is 1. The standard InChI is InChI=1S/C24H27N5O5/c1-15-17-10-5-6-12-19(17)34-22(31)20(15)29-21(30)18(11-7-13-27-23(25)26)28-24(32)33-14-16-8-3-2-4-9-16/h2-6,8-10,12,18H,7,11,13-14H2,1H3,(H,28,32)(H,29,30)(H4,25,26,27)/t18-/m0/s1. The number of benzene rings is 2. The molecule has 10 nitrogen and oxygen atoms in total. The van der Waals surface area contributed by atoms with Gasteiger partial charge in [0.2, 0.25) is 5.91 Å². The number of guanidine groups is 1. The molecule has 0 aliphatic rings. The maximum Gasteiger partial charge on any atom is 0.408 e. The Labute approximate surface area is 196 Å². The number of anilines is 1. The van der Waals surface area contributed by atoms with Crippen LogP contribution in [-0.2, 0) is 16.1 Å². The number of aryl methyl sites for hydroxylation is 1. The predicted molar refractivity (Wildman–Crippen MR) is 129 cm³/mol. The number of carbonyl (C=O) groups is 2. The van der Waals surface area contributed by atoms with E-state index in [2.05, 4.69) is 15.6 Å². The molecular formula is C24H27N5O5. The van der Waals surface area contributed by atoms with E-state index in [1.165, 1.54) is 0 Å². The Bertz CT molecular complexity index is 1240. The second kappa shape index (κ2) is 11.5. The Morgan fingerprint density at radius 2 is 1.79 bits per heavy atom. The maximum atomic E-state index is 13.0. The summed E-state index contributed by atoms with van der Waals surface area (Å²) in [5.74, 6) is -0.660. The molecule has 0 bridgehead atoms. The van der Waals surface area contributed by atoms with Gasteiger partial charge in [0.15, 0.2) is 5.96 Å². The van der Waals surface area contributed by atoms with Crippen molar-refractivity contribution in [1.29, 1.82) is 0 Å². The molecule has 3 rings (SSSR count). The van der Waals surface area contributed by atoms with E-state index >= 15 is 0 Å². The molecule has 0 fully saturated rings. The molecule has 0 spiro atoms. The van der Waals surface area contributed by atoms with Crippen LogP contribution in [0, 0.1) is 6.92 Å². The van der Waals surface area contributed by atoms with Crippen molar-refractivity contribution >= 4 is 34.6 Å². The first kappa shape index (κ1) is 24.3. The van der Waals surface area contributed by atoms with Gasteiger partial charge in [-0.1, -0.05) is 48.5 Å². The van der Waals surface area contributed by atoms with Gasteiger partial charge >= 0.3 is 11.7 Å². The summed E-state index contributed by atoms with van der Waals surface area (Å²) in [6, 6.07) is 15.2. The minimum atomic E-state index is -0.997. The predicted octanol–water partition coefficient (Wildman–Crippen LogP) is 2.39. The number of carbonyl (C=O) groups excluding carboxylic acids is 2. The van der Waals surface area contributed by atoms with Crippen LogP contribution in [0.15, 0.2) is 68.8 Å². The van der Waals surface area contributed by atoms with Crippen molar-refractivity contribution in [2.45, 2.75) is 32.4 Å². The van der Waals surface area contributed by atoms with E-state index in [1.807, 2.05) is 30.3 Å². The number of ether oxygens (including phenoxy) is 1. The third kappa shape index (κ3) is 6.58. The van der Waals surface area contributed by atoms with Gasteiger partial charge < -0.3 is 31.3 Å². The van der Waals surface area contributed by atoms with Crippen LogP contribution >= 0.6 is 0 Å². The lowest BCUT2D eigenvalue weighted by atomic mass is 10.1. The number of nitrogens with one attached hydrogen (secondary N) is 2. The van der Waals surface area contributed by atoms with Crippen LogP contribution in [0.25, 0.3) is 11.0 Å². The van der Waals surface area contributed by atoms with E-state index < -0.39 is 23.7 Å². The summed E-state index contributed by atoms with van der Waals surface area (Å²) in [6.45, 7) is 2.02. The molecule has 178 valence electrons. The fourth-order valence-corrected chi connectivity index (χ4v) is 3.34. The monoisotopic (exact) mass is 465 g/mol. The number of para-hydroxylation sites is 1. The Morgan fingerprint density at radius 3 is 2.53 bits per heavy atom. The summed E-state index contributed by atoms with van der Waals surface area (Å²) in [5.41, 5.74) is 11.8. The molecule has 1 aromatic heterocycles. The number of hydrogen-bond donors (Lipinski definition) is 4. The van der Waals surface area contributed by atoms with Gasteiger partial charge in [0.1, 0.15) is 23.9 Å². The van der Waals surface area contributed by atoms with Gasteiger partial charge in [-0.05, 0) is 37.0 Å². The Kier molecular flexibility index (Phi) is 8.22. The number of nitrogens with two attached hydrogens (primary N) is 2. The van der Waals surface area contributed by atoms with Crippen molar-refractivity contribution < 1.29 is 18.7 Å². The second-order valence-corrected chi connectivity index (χ2v) is 7.58. The topological polar surface area (TPSA) is 162 Å². The highest BCUT2D eigenvalue weighted by atomic mass is 16.5. The van der Waals surface area contributed by atoms with Gasteiger partial charge in [0.25, 0.3) is 0 Å². The van der Waals surface area contributed by atoms with Crippen LogP contribution in [0.2, 0.25) is 0 Å². The molecule has 0 saturated carbocycles. The van der Waals surface area contributed by atoms with E-state index in [1.54, 1.807) is 31.2 Å². The average molecular weight is 466 g/mol. The summed E-state index contributed by atoms with van der Waals surface area (Å²) in [7, 11) is 0. The van der Waals surface area contributed by atoms with E-state index in [-0.39, 0.29) is 31.2 Å². The molecule has 3 aromatic rings. The van der Waals surface area contributed by atoms with Crippen LogP contribution in [0.1, 0.15) is 24.0 Å². The molecule has 1 atom stereocenters. The van der Waals surface area contributed by atoms with Crippen molar-refractivity contribution in [3.05, 3.63) is 76.1 Å². The highest BCUT2D eigenvalue weighted by molar-refractivity contribution is 5.98. The van der Waals surface area contributed by atoms with Gasteiger partial charge in [-0.25, -0.2) is 9.59 Å². The molecule has 0 unspecified atom stereocenters. The summed E-state index contributed by atoms with van der Waals surface area (Å²) in [5, 5.41) is 5.85. The zero-order chi connectivity index (χ0) is 24.5. The second-order valence-electron chi connectivity index (χ2n) is 7.58. The number of alkyl carbamates (subject to hydrolysis) is 1. The van der Waals surface area contributed by atoms with E-state index in [0.717, 1.165) is 5.56 Å². The maximum absolute atomic E-state index is 13.0. The summed E-state index contributed by atoms with van der Waals surface area (Å²) < 4.78 is 10.6. The SMILES string of the molecule is Cc1c(NC(=O)[C@H](CCCN=C(N)N)NC(=O)OCc2ccccc2)c(=O)oc2ccccc12. The van der Waals surface area contributed by atoms with Crippen LogP contribution in [0.4, 0.5) is 10.5 Å². The lowest BCUT2D eigenvalue weighted by molar-refractivity contribution is -0.118. The zero-order valence-electron chi connectivity index (χ0n) is 18.7. The Balaban J connectivity index is 1.73. The third-order valence-electron chi connectivity index (χ3n) is 5.09. The fourth-order valence-electron chi connectivity index (χ4n) is 3.34. The quantitative estimate of drug-likeness (QED) is 0.163. The Hall–Kier alpha value is -4.34. The van der Waals surface area contributed by atoms with Crippen LogP contribution < -0.4 is 27.7 Å². The molecule has 34 heavy (non-hydrogen) atoms. The first-order valence-electron chi connectivity index (χ1n) is 10.7. The zero-order valence-corrected chi connectivity index (χ0v) is 18.7. The van der Waals surface area contributed by atoms with Crippen molar-refractivity contribution in [3.8, 4) is 0 Å². The minimum Gasteiger partial charge on any atom is -0.445 e. The fraction of sp³-hybridized carbons (Fsp3) is 0.250. The van der Waals surface area contributed by atoms with Crippen LogP contribution in [0.5, 0.6) is 0 Å². The molecule has 0 saturated heterocycles. The number of rotatable bonds is 9. The lowest BCUT2D eigenvalue weighted by Gasteiger charge is -2.18. The molecule has 1 heterocycles. The molecule has 2 amide bonds. The largest absolute Gasteiger partial charge is 0.445 e. The number of fused-ring (bicyclic) bond motifs is 1. The van der Waals surface area contributed by atoms with Gasteiger partial charge in [-0.3, -0.25) is 9.79 Å². The van der Waals surface area contributed by atoms with E-state index in [9.17, 15) is 14.4 Å². The molecular weight excluding hydrogens is 438 g/mol. The van der Waals surface area contributed by atoms with Gasteiger partial charge in [0, 0.05) is 11.9 Å². The number of aliphatic imine (C=N–C) groups is 1. The van der Waals surface area contributed by atoms with Gasteiger partial charge in [-0.15, -0.1) is 0 Å². The normalized spacial score (nSPS) is 11.4. The third-order valence-corrected chi connectivity index (χ3v) is 5.09. The van der Waals surface area contributed by atoms with Crippen molar-refractivity contribution in [2.75, 3.05) is 11.9 Å².